The van der Waals surface area contributed by atoms with Gasteiger partial charge in [-0.3, -0.25) is 9.10 Å². The smallest absolute Gasteiger partial charge is 0.250 e. The van der Waals surface area contributed by atoms with E-state index >= 15 is 0 Å². The standard InChI is InChI=1S/C19H21ClN2O3S/c1-13-12-15-6-4-5-7-18(15)21(13)19(23)14(2)22(26(3,24)25)17-10-8-16(20)9-11-17/h4-11,13-14H,12H2,1-3H3/t13-,14+/m0/s1. The van der Waals surface area contributed by atoms with Gasteiger partial charge >= 0.3 is 0 Å². The van der Waals surface area contributed by atoms with Gasteiger partial charge in [-0.15, -0.1) is 0 Å². The second-order valence-corrected chi connectivity index (χ2v) is 8.90. The largest absolute Gasteiger partial charge is 0.307 e. The lowest BCUT2D eigenvalue weighted by atomic mass is 10.1. The van der Waals surface area contributed by atoms with Gasteiger partial charge in [-0.2, -0.15) is 0 Å². The number of anilines is 2. The molecule has 3 rings (SSSR count). The number of benzene rings is 2. The molecule has 7 heteroatoms. The number of halogens is 1. The number of carbonyl (C=O) groups excluding carboxylic acids is 1. The molecule has 1 amide bonds. The summed E-state index contributed by atoms with van der Waals surface area (Å²) in [6.45, 7) is 3.59. The summed E-state index contributed by atoms with van der Waals surface area (Å²) in [6, 6.07) is 13.3. The number of hydrogen-bond donors (Lipinski definition) is 0. The highest BCUT2D eigenvalue weighted by Crippen LogP contribution is 2.33. The molecular weight excluding hydrogens is 372 g/mol. The molecule has 26 heavy (non-hydrogen) atoms. The van der Waals surface area contributed by atoms with Gasteiger partial charge in [-0.1, -0.05) is 29.8 Å². The predicted molar refractivity (Wildman–Crippen MR) is 105 cm³/mol. The number of rotatable bonds is 4. The molecule has 2 aromatic carbocycles. The van der Waals surface area contributed by atoms with Crippen LogP contribution in [0.5, 0.6) is 0 Å². The van der Waals surface area contributed by atoms with Gasteiger partial charge in [-0.05, 0) is 56.2 Å². The molecular formula is C19H21ClN2O3S. The predicted octanol–water partition coefficient (Wildman–Crippen LogP) is 3.47. The quantitative estimate of drug-likeness (QED) is 0.800. The third-order valence-corrected chi connectivity index (χ3v) is 6.09. The first-order chi connectivity index (χ1) is 12.2. The molecule has 0 aliphatic carbocycles. The van der Waals surface area contributed by atoms with E-state index in [4.69, 9.17) is 11.6 Å². The van der Waals surface area contributed by atoms with E-state index in [2.05, 4.69) is 0 Å². The molecule has 1 heterocycles. The van der Waals surface area contributed by atoms with E-state index in [-0.39, 0.29) is 11.9 Å². The lowest BCUT2D eigenvalue weighted by Crippen LogP contribution is -2.51. The number of para-hydroxylation sites is 1. The van der Waals surface area contributed by atoms with Crippen LogP contribution in [0.25, 0.3) is 0 Å². The molecule has 0 saturated heterocycles. The summed E-state index contributed by atoms with van der Waals surface area (Å²) in [4.78, 5) is 14.9. The van der Waals surface area contributed by atoms with Gasteiger partial charge < -0.3 is 4.90 Å². The molecule has 0 unspecified atom stereocenters. The average molecular weight is 393 g/mol. The van der Waals surface area contributed by atoms with Gasteiger partial charge in [0.1, 0.15) is 6.04 Å². The van der Waals surface area contributed by atoms with E-state index in [1.165, 1.54) is 0 Å². The third-order valence-electron chi connectivity index (χ3n) is 4.59. The number of carbonyl (C=O) groups is 1. The zero-order valence-electron chi connectivity index (χ0n) is 14.9. The Labute approximate surface area is 159 Å². The van der Waals surface area contributed by atoms with Crippen molar-refractivity contribution in [3.05, 3.63) is 59.1 Å². The van der Waals surface area contributed by atoms with E-state index in [1.807, 2.05) is 31.2 Å². The van der Waals surface area contributed by atoms with Gasteiger partial charge in [0.25, 0.3) is 5.91 Å². The summed E-state index contributed by atoms with van der Waals surface area (Å²) < 4.78 is 26.0. The normalized spacial score (nSPS) is 17.7. The number of amides is 1. The van der Waals surface area contributed by atoms with Crippen molar-refractivity contribution in [2.24, 2.45) is 0 Å². The SMILES string of the molecule is C[C@H](C(=O)N1c2ccccc2C[C@@H]1C)N(c1ccc(Cl)cc1)S(C)(=O)=O. The Morgan fingerprint density at radius 1 is 1.19 bits per heavy atom. The minimum atomic E-state index is -3.66. The Hall–Kier alpha value is -2.05. The lowest BCUT2D eigenvalue weighted by molar-refractivity contribution is -0.119. The molecule has 1 aliphatic rings. The minimum absolute atomic E-state index is 0.0195. The number of nitrogens with zero attached hydrogens (tertiary/aromatic N) is 2. The van der Waals surface area contributed by atoms with Crippen LogP contribution >= 0.6 is 11.6 Å². The van der Waals surface area contributed by atoms with Crippen molar-refractivity contribution >= 4 is 38.9 Å². The van der Waals surface area contributed by atoms with Crippen LogP contribution in [0.1, 0.15) is 19.4 Å². The van der Waals surface area contributed by atoms with Crippen LogP contribution in [-0.2, 0) is 21.2 Å². The topological polar surface area (TPSA) is 57.7 Å². The second-order valence-electron chi connectivity index (χ2n) is 6.60. The second kappa shape index (κ2) is 6.93. The zero-order valence-corrected chi connectivity index (χ0v) is 16.5. The van der Waals surface area contributed by atoms with Crippen LogP contribution in [0.2, 0.25) is 5.02 Å². The number of hydrogen-bond acceptors (Lipinski definition) is 3. The maximum absolute atomic E-state index is 13.2. The molecule has 0 N–H and O–H groups in total. The Morgan fingerprint density at radius 3 is 2.42 bits per heavy atom. The lowest BCUT2D eigenvalue weighted by Gasteiger charge is -2.33. The van der Waals surface area contributed by atoms with Crippen LogP contribution in [0, 0.1) is 0 Å². The minimum Gasteiger partial charge on any atom is -0.307 e. The van der Waals surface area contributed by atoms with Crippen molar-refractivity contribution < 1.29 is 13.2 Å². The average Bonchev–Trinajstić information content (AvgIpc) is 2.90. The Bertz CT molecular complexity index is 928. The van der Waals surface area contributed by atoms with Crippen molar-refractivity contribution in [3.8, 4) is 0 Å². The molecule has 0 spiro atoms. The Balaban J connectivity index is 1.98. The zero-order chi connectivity index (χ0) is 19.1. The first kappa shape index (κ1) is 18.7. The van der Waals surface area contributed by atoms with E-state index in [0.29, 0.717) is 10.7 Å². The Kier molecular flexibility index (Phi) is 4.99. The molecule has 1 aliphatic heterocycles. The molecule has 0 fully saturated rings. The highest BCUT2D eigenvalue weighted by Gasteiger charge is 2.37. The highest BCUT2D eigenvalue weighted by molar-refractivity contribution is 7.92. The van der Waals surface area contributed by atoms with Crippen LogP contribution in [-0.4, -0.2) is 32.7 Å². The maximum Gasteiger partial charge on any atom is 0.250 e. The number of fused-ring (bicyclic) bond motifs is 1. The maximum atomic E-state index is 13.2. The van der Waals surface area contributed by atoms with E-state index in [0.717, 1.165) is 28.2 Å². The van der Waals surface area contributed by atoms with Crippen molar-refractivity contribution in [3.63, 3.8) is 0 Å². The van der Waals surface area contributed by atoms with Crippen molar-refractivity contribution in [1.29, 1.82) is 0 Å². The third kappa shape index (κ3) is 3.44. The first-order valence-corrected chi connectivity index (χ1v) is 10.6. The summed E-state index contributed by atoms with van der Waals surface area (Å²) in [5, 5.41) is 0.503. The molecule has 5 nitrogen and oxygen atoms in total. The molecule has 2 atom stereocenters. The van der Waals surface area contributed by atoms with Crippen molar-refractivity contribution in [2.45, 2.75) is 32.4 Å². The highest BCUT2D eigenvalue weighted by atomic mass is 35.5. The molecule has 0 aromatic heterocycles. The fourth-order valence-corrected chi connectivity index (χ4v) is 4.79. The summed E-state index contributed by atoms with van der Waals surface area (Å²) >= 11 is 5.91. The molecule has 0 bridgehead atoms. The first-order valence-electron chi connectivity index (χ1n) is 8.36. The van der Waals surface area contributed by atoms with Gasteiger partial charge in [0.05, 0.1) is 11.9 Å². The summed E-state index contributed by atoms with van der Waals surface area (Å²) in [5.41, 5.74) is 2.36. The van der Waals surface area contributed by atoms with Gasteiger partial charge in [0.2, 0.25) is 10.0 Å². The monoisotopic (exact) mass is 392 g/mol. The molecule has 138 valence electrons. The van der Waals surface area contributed by atoms with Crippen LogP contribution in [0.3, 0.4) is 0 Å². The number of sulfonamides is 1. The summed E-state index contributed by atoms with van der Waals surface area (Å²) in [5.74, 6) is -0.247. The summed E-state index contributed by atoms with van der Waals surface area (Å²) in [7, 11) is -3.66. The molecule has 0 saturated carbocycles. The Morgan fingerprint density at radius 2 is 1.81 bits per heavy atom. The van der Waals surface area contributed by atoms with Crippen LogP contribution < -0.4 is 9.21 Å². The van der Waals surface area contributed by atoms with Gasteiger partial charge in [-0.25, -0.2) is 8.42 Å². The fourth-order valence-electron chi connectivity index (χ4n) is 3.49. The summed E-state index contributed by atoms with van der Waals surface area (Å²) in [6.07, 6.45) is 1.86. The van der Waals surface area contributed by atoms with E-state index in [1.54, 1.807) is 36.1 Å². The van der Waals surface area contributed by atoms with Crippen LogP contribution in [0.4, 0.5) is 11.4 Å². The fraction of sp³-hybridized carbons (Fsp3) is 0.316. The van der Waals surface area contributed by atoms with Crippen LogP contribution in [0.15, 0.2) is 48.5 Å². The van der Waals surface area contributed by atoms with E-state index in [9.17, 15) is 13.2 Å². The molecule has 2 aromatic rings. The van der Waals surface area contributed by atoms with E-state index < -0.39 is 16.1 Å². The molecule has 0 radical (unpaired) electrons. The van der Waals surface area contributed by atoms with Crippen molar-refractivity contribution in [1.82, 2.24) is 0 Å². The van der Waals surface area contributed by atoms with Gasteiger partial charge in [0.15, 0.2) is 0 Å². The van der Waals surface area contributed by atoms with Crippen molar-refractivity contribution in [2.75, 3.05) is 15.5 Å². The van der Waals surface area contributed by atoms with Gasteiger partial charge in [0, 0.05) is 16.8 Å².